The van der Waals surface area contributed by atoms with Crippen molar-refractivity contribution in [2.24, 2.45) is 12.8 Å². The standard InChI is InChI=1S/C25H31N9O/c1-15-13-34-22(29-23(15)32-9-7-17(26)14-32)11-20(30-34)21-6-4-5-8-33(21)25(35)18-10-16(2)28-24-19(18)12-27-31(24)3/h10-13,17,21H,4-9,14,26H2,1-3H3/t17-,21-/m0/s1. The third kappa shape index (κ3) is 3.72. The second kappa shape index (κ2) is 8.30. The van der Waals surface area contributed by atoms with Crippen molar-refractivity contribution in [3.63, 3.8) is 0 Å². The van der Waals surface area contributed by atoms with Crippen LogP contribution in [0.4, 0.5) is 5.82 Å². The van der Waals surface area contributed by atoms with E-state index in [1.54, 1.807) is 10.9 Å². The quantitative estimate of drug-likeness (QED) is 0.487. The fourth-order valence-corrected chi connectivity index (χ4v) is 5.54. The number of carbonyl (C=O) groups is 1. The molecule has 4 aromatic rings. The van der Waals surface area contributed by atoms with Gasteiger partial charge in [0.1, 0.15) is 5.82 Å². The Kier molecular flexibility index (Phi) is 5.21. The van der Waals surface area contributed by atoms with E-state index < -0.39 is 0 Å². The fraction of sp³-hybridized carbons (Fsp3) is 0.480. The molecule has 0 bridgehead atoms. The number of aromatic nitrogens is 6. The number of aryl methyl sites for hydroxylation is 3. The van der Waals surface area contributed by atoms with Gasteiger partial charge in [-0.15, -0.1) is 0 Å². The zero-order valence-electron chi connectivity index (χ0n) is 20.5. The van der Waals surface area contributed by atoms with Gasteiger partial charge in [0.2, 0.25) is 0 Å². The summed E-state index contributed by atoms with van der Waals surface area (Å²) in [5.41, 5.74) is 11.1. The van der Waals surface area contributed by atoms with E-state index in [9.17, 15) is 4.79 Å². The Morgan fingerprint density at radius 1 is 1.11 bits per heavy atom. The summed E-state index contributed by atoms with van der Waals surface area (Å²) in [5, 5.41) is 10.00. The van der Waals surface area contributed by atoms with Crippen molar-refractivity contribution in [3.05, 3.63) is 47.0 Å². The molecule has 0 radical (unpaired) electrons. The van der Waals surface area contributed by atoms with Crippen molar-refractivity contribution in [2.75, 3.05) is 24.5 Å². The first-order valence-corrected chi connectivity index (χ1v) is 12.4. The van der Waals surface area contributed by atoms with E-state index in [1.165, 1.54) is 0 Å². The number of fused-ring (bicyclic) bond motifs is 2. The summed E-state index contributed by atoms with van der Waals surface area (Å²) in [6, 6.07) is 4.01. The molecule has 10 heteroatoms. The lowest BCUT2D eigenvalue weighted by Gasteiger charge is -2.35. The third-order valence-electron chi connectivity index (χ3n) is 7.32. The number of piperidine rings is 1. The highest BCUT2D eigenvalue weighted by Crippen LogP contribution is 2.34. The minimum absolute atomic E-state index is 0.00568. The average molecular weight is 474 g/mol. The minimum atomic E-state index is -0.0953. The summed E-state index contributed by atoms with van der Waals surface area (Å²) < 4.78 is 3.56. The van der Waals surface area contributed by atoms with Gasteiger partial charge in [-0.2, -0.15) is 10.2 Å². The Morgan fingerprint density at radius 3 is 2.77 bits per heavy atom. The van der Waals surface area contributed by atoms with Gasteiger partial charge in [-0.25, -0.2) is 14.5 Å². The molecule has 6 heterocycles. The van der Waals surface area contributed by atoms with E-state index in [1.807, 2.05) is 41.7 Å². The summed E-state index contributed by atoms with van der Waals surface area (Å²) in [6.07, 6.45) is 7.66. The molecule has 0 aliphatic carbocycles. The Morgan fingerprint density at radius 2 is 1.97 bits per heavy atom. The van der Waals surface area contributed by atoms with Crippen LogP contribution in [0.5, 0.6) is 0 Å². The first kappa shape index (κ1) is 22.0. The van der Waals surface area contributed by atoms with Crippen LogP contribution in [0.2, 0.25) is 0 Å². The van der Waals surface area contributed by atoms with Gasteiger partial charge in [0, 0.05) is 56.2 Å². The molecule has 10 nitrogen and oxygen atoms in total. The summed E-state index contributed by atoms with van der Waals surface area (Å²) in [7, 11) is 1.85. The molecule has 2 aliphatic heterocycles. The molecule has 2 atom stereocenters. The Hall–Kier alpha value is -3.53. The summed E-state index contributed by atoms with van der Waals surface area (Å²) in [4.78, 5) is 27.6. The molecule has 2 N–H and O–H groups in total. The number of anilines is 1. The maximum absolute atomic E-state index is 13.9. The molecule has 0 saturated carbocycles. The van der Waals surface area contributed by atoms with Crippen LogP contribution in [0, 0.1) is 13.8 Å². The van der Waals surface area contributed by atoms with Gasteiger partial charge in [-0.05, 0) is 45.6 Å². The molecule has 0 spiro atoms. The van der Waals surface area contributed by atoms with Gasteiger partial charge in [0.25, 0.3) is 5.91 Å². The van der Waals surface area contributed by atoms with Crippen molar-refractivity contribution < 1.29 is 4.79 Å². The molecule has 0 aromatic carbocycles. The summed E-state index contributed by atoms with van der Waals surface area (Å²) in [6.45, 7) is 6.42. The van der Waals surface area contributed by atoms with Gasteiger partial charge in [0.15, 0.2) is 11.3 Å². The summed E-state index contributed by atoms with van der Waals surface area (Å²) in [5.74, 6) is 0.978. The molecule has 6 rings (SSSR count). The normalized spacial score (nSPS) is 20.9. The van der Waals surface area contributed by atoms with Crippen LogP contribution < -0.4 is 10.6 Å². The van der Waals surface area contributed by atoms with Crippen molar-refractivity contribution in [1.82, 2.24) is 34.3 Å². The lowest BCUT2D eigenvalue weighted by Crippen LogP contribution is -2.38. The van der Waals surface area contributed by atoms with E-state index in [4.69, 9.17) is 15.8 Å². The van der Waals surface area contributed by atoms with Gasteiger partial charge in [0.05, 0.1) is 28.9 Å². The number of pyridine rings is 1. The van der Waals surface area contributed by atoms with Gasteiger partial charge in [-0.1, -0.05) is 0 Å². The zero-order valence-corrected chi connectivity index (χ0v) is 20.5. The Labute approximate surface area is 203 Å². The van der Waals surface area contributed by atoms with Crippen molar-refractivity contribution in [1.29, 1.82) is 0 Å². The zero-order chi connectivity index (χ0) is 24.3. The van der Waals surface area contributed by atoms with Gasteiger partial charge in [-0.3, -0.25) is 9.48 Å². The lowest BCUT2D eigenvalue weighted by atomic mass is 9.97. The lowest BCUT2D eigenvalue weighted by molar-refractivity contribution is 0.0607. The number of nitrogens with zero attached hydrogens (tertiary/aromatic N) is 8. The number of hydrogen-bond acceptors (Lipinski definition) is 7. The number of nitrogens with two attached hydrogens (primary N) is 1. The van der Waals surface area contributed by atoms with Crippen LogP contribution in [0.25, 0.3) is 16.7 Å². The molecule has 182 valence electrons. The van der Waals surface area contributed by atoms with Crippen LogP contribution >= 0.6 is 0 Å². The molecule has 0 unspecified atom stereocenters. The third-order valence-corrected chi connectivity index (χ3v) is 7.32. The smallest absolute Gasteiger partial charge is 0.255 e. The molecule has 4 aromatic heterocycles. The van der Waals surface area contributed by atoms with E-state index in [0.29, 0.717) is 12.1 Å². The molecule has 2 fully saturated rings. The van der Waals surface area contributed by atoms with Crippen LogP contribution in [0.15, 0.2) is 24.5 Å². The average Bonchev–Trinajstić information content (AvgIpc) is 3.56. The second-order valence-electron chi connectivity index (χ2n) is 9.94. The van der Waals surface area contributed by atoms with Crippen molar-refractivity contribution >= 4 is 28.4 Å². The Balaban J connectivity index is 1.36. The predicted molar refractivity (Wildman–Crippen MR) is 133 cm³/mol. The molecule has 1 amide bonds. The van der Waals surface area contributed by atoms with Crippen LogP contribution in [0.1, 0.15) is 59.0 Å². The topological polar surface area (TPSA) is 110 Å². The molecular weight excluding hydrogens is 442 g/mol. The highest BCUT2D eigenvalue weighted by atomic mass is 16.2. The monoisotopic (exact) mass is 473 g/mol. The first-order valence-electron chi connectivity index (χ1n) is 12.4. The van der Waals surface area contributed by atoms with Crippen molar-refractivity contribution in [3.8, 4) is 0 Å². The van der Waals surface area contributed by atoms with E-state index in [-0.39, 0.29) is 18.0 Å². The maximum Gasteiger partial charge on any atom is 0.255 e. The van der Waals surface area contributed by atoms with E-state index >= 15 is 0 Å². The number of hydrogen-bond donors (Lipinski definition) is 1. The fourth-order valence-electron chi connectivity index (χ4n) is 5.54. The molecule has 2 saturated heterocycles. The molecular formula is C25H31N9O. The van der Waals surface area contributed by atoms with Crippen molar-refractivity contribution in [2.45, 2.75) is 51.6 Å². The van der Waals surface area contributed by atoms with Gasteiger partial charge >= 0.3 is 0 Å². The molecule has 2 aliphatic rings. The molecule has 35 heavy (non-hydrogen) atoms. The van der Waals surface area contributed by atoms with E-state index in [0.717, 1.165) is 78.2 Å². The number of carbonyl (C=O) groups excluding carboxylic acids is 1. The van der Waals surface area contributed by atoms with Crippen LogP contribution in [-0.2, 0) is 7.05 Å². The van der Waals surface area contributed by atoms with Crippen LogP contribution in [0.3, 0.4) is 0 Å². The Bertz CT molecular complexity index is 1440. The van der Waals surface area contributed by atoms with Crippen LogP contribution in [-0.4, -0.2) is 65.8 Å². The highest BCUT2D eigenvalue weighted by molar-refractivity contribution is 6.05. The largest absolute Gasteiger partial charge is 0.355 e. The minimum Gasteiger partial charge on any atom is -0.355 e. The highest BCUT2D eigenvalue weighted by Gasteiger charge is 2.32. The van der Waals surface area contributed by atoms with Gasteiger partial charge < -0.3 is 15.5 Å². The predicted octanol–water partition coefficient (Wildman–Crippen LogP) is 2.53. The SMILES string of the molecule is Cc1cc(C(=O)N2CCCC[C@H]2c2cc3nc(N4CC[C@H](N)C4)c(C)cn3n2)c2cnn(C)c2n1. The number of rotatable bonds is 3. The number of likely N-dealkylation sites (tertiary alicyclic amines) is 1. The first-order chi connectivity index (χ1) is 16.9. The second-order valence-corrected chi connectivity index (χ2v) is 9.94. The maximum atomic E-state index is 13.9. The summed E-state index contributed by atoms with van der Waals surface area (Å²) >= 11 is 0. The van der Waals surface area contributed by atoms with E-state index in [2.05, 4.69) is 21.9 Å². The number of amides is 1.